The fourth-order valence-electron chi connectivity index (χ4n) is 1.73. The number of anilines is 1. The minimum atomic E-state index is 0.524. The van der Waals surface area contributed by atoms with Crippen LogP contribution in [0.3, 0.4) is 0 Å². The average Bonchev–Trinajstić information content (AvgIpc) is 2.94. The maximum absolute atomic E-state index is 5.60. The highest BCUT2D eigenvalue weighted by Gasteiger charge is 2.06. The van der Waals surface area contributed by atoms with Crippen molar-refractivity contribution in [1.82, 2.24) is 24.7 Å². The molecule has 0 unspecified atom stereocenters. The van der Waals surface area contributed by atoms with Crippen molar-refractivity contribution in [2.45, 2.75) is 6.54 Å². The Balaban J connectivity index is 1.93. The zero-order valence-electron chi connectivity index (χ0n) is 9.79. The molecule has 0 aliphatic rings. The van der Waals surface area contributed by atoms with Crippen molar-refractivity contribution in [3.63, 3.8) is 0 Å². The van der Waals surface area contributed by atoms with Gasteiger partial charge in [-0.1, -0.05) is 0 Å². The summed E-state index contributed by atoms with van der Waals surface area (Å²) in [7, 11) is 1.58. The summed E-state index contributed by atoms with van der Waals surface area (Å²) in [5.74, 6) is 1.32. The van der Waals surface area contributed by atoms with Gasteiger partial charge in [-0.15, -0.1) is 0 Å². The van der Waals surface area contributed by atoms with Gasteiger partial charge in [0.1, 0.15) is 5.82 Å². The van der Waals surface area contributed by atoms with Gasteiger partial charge in [-0.2, -0.15) is 10.1 Å². The van der Waals surface area contributed by atoms with E-state index in [2.05, 4.69) is 20.1 Å². The molecular weight excluding hydrogens is 232 g/mol. The Hall–Kier alpha value is -2.57. The summed E-state index contributed by atoms with van der Waals surface area (Å²) in [4.78, 5) is 11.8. The van der Waals surface area contributed by atoms with Crippen LogP contribution in [0, 0.1) is 0 Å². The van der Waals surface area contributed by atoms with Crippen molar-refractivity contribution in [2.75, 3.05) is 12.8 Å². The van der Waals surface area contributed by atoms with Gasteiger partial charge in [0.15, 0.2) is 5.65 Å². The second kappa shape index (κ2) is 4.02. The number of nitrogens with zero attached hydrogens (tertiary/aromatic N) is 4. The molecule has 0 saturated carbocycles. The molecule has 3 aromatic rings. The normalized spacial score (nSPS) is 10.9. The fourth-order valence-corrected chi connectivity index (χ4v) is 1.73. The lowest BCUT2D eigenvalue weighted by molar-refractivity contribution is 0.399. The Morgan fingerprint density at radius 1 is 1.39 bits per heavy atom. The van der Waals surface area contributed by atoms with Crippen LogP contribution in [0.4, 0.5) is 5.69 Å². The molecule has 3 N–H and O–H groups in total. The molecule has 0 aliphatic carbocycles. The lowest BCUT2D eigenvalue weighted by Crippen LogP contribution is -2.01. The van der Waals surface area contributed by atoms with Crippen LogP contribution in [0.25, 0.3) is 11.2 Å². The highest BCUT2D eigenvalue weighted by atomic mass is 16.5. The average molecular weight is 244 g/mol. The molecule has 0 fully saturated rings. The first-order valence-corrected chi connectivity index (χ1v) is 5.42. The SMILES string of the molecule is COc1ccc2[nH]c(Cn3cc(N)cn3)nc2n1. The van der Waals surface area contributed by atoms with Crippen molar-refractivity contribution >= 4 is 16.9 Å². The number of nitrogens with two attached hydrogens (primary N) is 1. The Morgan fingerprint density at radius 2 is 2.28 bits per heavy atom. The van der Waals surface area contributed by atoms with E-state index in [-0.39, 0.29) is 0 Å². The third-order valence-corrected chi connectivity index (χ3v) is 2.54. The lowest BCUT2D eigenvalue weighted by atomic mass is 10.4. The fraction of sp³-hybridized carbons (Fsp3) is 0.182. The third-order valence-electron chi connectivity index (χ3n) is 2.54. The highest BCUT2D eigenvalue weighted by Crippen LogP contribution is 2.14. The van der Waals surface area contributed by atoms with Crippen LogP contribution in [0.5, 0.6) is 5.88 Å². The molecule has 18 heavy (non-hydrogen) atoms. The second-order valence-electron chi connectivity index (χ2n) is 3.88. The maximum atomic E-state index is 5.60. The van der Waals surface area contributed by atoms with Crippen LogP contribution in [0.15, 0.2) is 24.5 Å². The highest BCUT2D eigenvalue weighted by molar-refractivity contribution is 5.71. The van der Waals surface area contributed by atoms with Gasteiger partial charge >= 0.3 is 0 Å². The summed E-state index contributed by atoms with van der Waals surface area (Å²) in [6, 6.07) is 3.67. The second-order valence-corrected chi connectivity index (χ2v) is 3.88. The molecular formula is C11H12N6O. The van der Waals surface area contributed by atoms with E-state index in [0.717, 1.165) is 11.3 Å². The number of hydrogen-bond acceptors (Lipinski definition) is 5. The minimum Gasteiger partial charge on any atom is -0.481 e. The molecule has 0 spiro atoms. The zero-order valence-corrected chi connectivity index (χ0v) is 9.79. The van der Waals surface area contributed by atoms with Crippen LogP contribution in [-0.4, -0.2) is 31.8 Å². The number of rotatable bonds is 3. The number of aromatic nitrogens is 5. The van der Waals surface area contributed by atoms with E-state index in [9.17, 15) is 0 Å². The van der Waals surface area contributed by atoms with Gasteiger partial charge in [0, 0.05) is 12.3 Å². The molecule has 0 saturated heterocycles. The van der Waals surface area contributed by atoms with Gasteiger partial charge < -0.3 is 15.5 Å². The van der Waals surface area contributed by atoms with Crippen LogP contribution >= 0.6 is 0 Å². The number of ether oxygens (including phenoxy) is 1. The maximum Gasteiger partial charge on any atom is 0.215 e. The molecule has 0 atom stereocenters. The number of nitrogens with one attached hydrogen (secondary N) is 1. The first kappa shape index (κ1) is 10.6. The molecule has 0 aromatic carbocycles. The van der Waals surface area contributed by atoms with Crippen molar-refractivity contribution in [2.24, 2.45) is 0 Å². The molecule has 0 aliphatic heterocycles. The van der Waals surface area contributed by atoms with Crippen molar-refractivity contribution in [1.29, 1.82) is 0 Å². The number of hydrogen-bond donors (Lipinski definition) is 2. The van der Waals surface area contributed by atoms with E-state index in [1.165, 1.54) is 0 Å². The number of pyridine rings is 1. The van der Waals surface area contributed by atoms with Gasteiger partial charge in [-0.05, 0) is 6.07 Å². The standard InChI is InChI=1S/C11H12N6O/c1-18-10-3-2-8-11(16-10)15-9(14-8)6-17-5-7(12)4-13-17/h2-5H,6,12H2,1H3,(H,14,15,16). The van der Waals surface area contributed by atoms with Crippen molar-refractivity contribution in [3.05, 3.63) is 30.4 Å². The van der Waals surface area contributed by atoms with Crippen molar-refractivity contribution in [3.8, 4) is 5.88 Å². The van der Waals surface area contributed by atoms with E-state index >= 15 is 0 Å². The van der Waals surface area contributed by atoms with Gasteiger partial charge in [-0.3, -0.25) is 4.68 Å². The quantitative estimate of drug-likeness (QED) is 0.710. The minimum absolute atomic E-state index is 0.524. The molecule has 3 heterocycles. The number of aromatic amines is 1. The Kier molecular flexibility index (Phi) is 2.36. The van der Waals surface area contributed by atoms with Crippen LogP contribution < -0.4 is 10.5 Å². The summed E-state index contributed by atoms with van der Waals surface area (Å²) in [5.41, 5.74) is 7.73. The number of imidazole rings is 1. The monoisotopic (exact) mass is 244 g/mol. The van der Waals surface area contributed by atoms with Crippen LogP contribution in [-0.2, 0) is 6.54 Å². The smallest absolute Gasteiger partial charge is 0.215 e. The number of nitrogen functional groups attached to an aromatic ring is 1. The molecule has 0 radical (unpaired) electrons. The predicted molar refractivity (Wildman–Crippen MR) is 66.2 cm³/mol. The molecule has 7 nitrogen and oxygen atoms in total. The Morgan fingerprint density at radius 3 is 3.00 bits per heavy atom. The Labute approximate surface area is 103 Å². The lowest BCUT2D eigenvalue weighted by Gasteiger charge is -1.95. The van der Waals surface area contributed by atoms with E-state index in [4.69, 9.17) is 10.5 Å². The van der Waals surface area contributed by atoms with E-state index in [0.29, 0.717) is 23.8 Å². The topological polar surface area (TPSA) is 94.6 Å². The summed E-state index contributed by atoms with van der Waals surface area (Å²) < 4.78 is 6.77. The number of fused-ring (bicyclic) bond motifs is 1. The van der Waals surface area contributed by atoms with Crippen LogP contribution in [0.2, 0.25) is 0 Å². The van der Waals surface area contributed by atoms with E-state index in [1.807, 2.05) is 6.07 Å². The van der Waals surface area contributed by atoms with Crippen molar-refractivity contribution < 1.29 is 4.74 Å². The van der Waals surface area contributed by atoms with Gasteiger partial charge in [0.05, 0.1) is 31.1 Å². The molecule has 0 amide bonds. The first-order chi connectivity index (χ1) is 8.74. The van der Waals surface area contributed by atoms with Gasteiger partial charge in [0.2, 0.25) is 5.88 Å². The molecule has 0 bridgehead atoms. The largest absolute Gasteiger partial charge is 0.481 e. The molecule has 92 valence electrons. The van der Waals surface area contributed by atoms with Crippen LogP contribution in [0.1, 0.15) is 5.82 Å². The molecule has 3 rings (SSSR count). The summed E-state index contributed by atoms with van der Waals surface area (Å²) in [6.07, 6.45) is 3.35. The first-order valence-electron chi connectivity index (χ1n) is 5.42. The number of H-pyrrole nitrogens is 1. The number of methoxy groups -OCH3 is 1. The summed E-state index contributed by atoms with van der Waals surface area (Å²) in [6.45, 7) is 0.524. The van der Waals surface area contributed by atoms with Gasteiger partial charge in [-0.25, -0.2) is 4.98 Å². The predicted octanol–water partition coefficient (Wildman–Crippen LogP) is 0.794. The molecule has 7 heteroatoms. The summed E-state index contributed by atoms with van der Waals surface area (Å²) >= 11 is 0. The molecule has 3 aromatic heterocycles. The summed E-state index contributed by atoms with van der Waals surface area (Å²) in [5, 5.41) is 4.10. The Bertz CT molecular complexity index is 686. The van der Waals surface area contributed by atoms with E-state index < -0.39 is 0 Å². The zero-order chi connectivity index (χ0) is 12.5. The van der Waals surface area contributed by atoms with E-state index in [1.54, 1.807) is 30.3 Å². The van der Waals surface area contributed by atoms with Gasteiger partial charge in [0.25, 0.3) is 0 Å². The third kappa shape index (κ3) is 1.86.